The van der Waals surface area contributed by atoms with Crippen LogP contribution < -0.4 is 5.32 Å². The second-order valence-electron chi connectivity index (χ2n) is 3.33. The molecule has 0 spiro atoms. The van der Waals surface area contributed by atoms with E-state index in [1.807, 2.05) is 0 Å². The number of rotatable bonds is 0. The first-order chi connectivity index (χ1) is 4.34. The van der Waals surface area contributed by atoms with Gasteiger partial charge in [-0.15, -0.1) is 0 Å². The smallest absolute Gasteiger partial charge is 0.00807 e. The molecule has 1 heterocycles. The molecule has 2 aliphatic rings. The fourth-order valence-electron chi connectivity index (χ4n) is 2.07. The zero-order valence-electron chi connectivity index (χ0n) is 5.51. The minimum Gasteiger partial charge on any atom is -0.314 e. The lowest BCUT2D eigenvalue weighted by atomic mass is 9.90. The van der Waals surface area contributed by atoms with Crippen LogP contribution in [-0.4, -0.2) is 17.8 Å². The first kappa shape index (κ1) is 6.05. The summed E-state index contributed by atoms with van der Waals surface area (Å²) in [5, 5.41) is 4.18. The summed E-state index contributed by atoms with van der Waals surface area (Å²) in [4.78, 5) is 0. The van der Waals surface area contributed by atoms with Crippen LogP contribution in [0.2, 0.25) is 0 Å². The van der Waals surface area contributed by atoms with Gasteiger partial charge in [0, 0.05) is 11.3 Å². The maximum Gasteiger partial charge on any atom is 0.00807 e. The maximum absolute atomic E-state index is 4.48. The minimum atomic E-state index is 0.684. The molecule has 0 aromatic rings. The monoisotopic (exact) mass is 143 g/mol. The average Bonchev–Trinajstić information content (AvgIpc) is 2.11. The van der Waals surface area contributed by atoms with Gasteiger partial charge in [-0.3, -0.25) is 0 Å². The summed E-state index contributed by atoms with van der Waals surface area (Å²) < 4.78 is 0. The Morgan fingerprint density at radius 3 is 2.89 bits per heavy atom. The third-order valence-corrected chi connectivity index (χ3v) is 2.90. The highest BCUT2D eigenvalue weighted by Crippen LogP contribution is 2.31. The van der Waals surface area contributed by atoms with Crippen molar-refractivity contribution in [1.82, 2.24) is 5.32 Å². The van der Waals surface area contributed by atoms with Gasteiger partial charge in [-0.05, 0) is 31.7 Å². The van der Waals surface area contributed by atoms with Crippen molar-refractivity contribution in [2.45, 2.75) is 30.6 Å². The molecule has 2 fully saturated rings. The van der Waals surface area contributed by atoms with Gasteiger partial charge in [-0.25, -0.2) is 0 Å². The van der Waals surface area contributed by atoms with Crippen LogP contribution in [0.4, 0.5) is 0 Å². The van der Waals surface area contributed by atoms with Gasteiger partial charge < -0.3 is 5.32 Å². The third kappa shape index (κ3) is 1.10. The maximum atomic E-state index is 4.48. The van der Waals surface area contributed by atoms with Crippen LogP contribution >= 0.6 is 12.6 Å². The Morgan fingerprint density at radius 2 is 2.11 bits per heavy atom. The van der Waals surface area contributed by atoms with Gasteiger partial charge in [0.05, 0.1) is 0 Å². The molecule has 52 valence electrons. The van der Waals surface area contributed by atoms with E-state index in [9.17, 15) is 0 Å². The Labute approximate surface area is 61.6 Å². The number of hydrogen-bond donors (Lipinski definition) is 2. The van der Waals surface area contributed by atoms with Crippen molar-refractivity contribution in [2.24, 2.45) is 5.92 Å². The summed E-state index contributed by atoms with van der Waals surface area (Å²) in [7, 11) is 0. The van der Waals surface area contributed by atoms with Crippen molar-refractivity contribution in [1.29, 1.82) is 0 Å². The summed E-state index contributed by atoms with van der Waals surface area (Å²) in [6.45, 7) is 1.25. The first-order valence-electron chi connectivity index (χ1n) is 3.76. The zero-order valence-corrected chi connectivity index (χ0v) is 6.40. The van der Waals surface area contributed by atoms with E-state index in [-0.39, 0.29) is 0 Å². The summed E-state index contributed by atoms with van der Waals surface area (Å²) in [6.07, 6.45) is 4.04. The van der Waals surface area contributed by atoms with Gasteiger partial charge in [0.1, 0.15) is 0 Å². The number of nitrogens with one attached hydrogen (secondary N) is 1. The SMILES string of the molecule is SC1CC2CNC(C1)C2. The van der Waals surface area contributed by atoms with E-state index in [1.54, 1.807) is 0 Å². The molecule has 3 unspecified atom stereocenters. The predicted molar refractivity (Wildman–Crippen MR) is 41.9 cm³/mol. The predicted octanol–water partition coefficient (Wildman–Crippen LogP) is 1.06. The lowest BCUT2D eigenvalue weighted by molar-refractivity contribution is 0.421. The van der Waals surface area contributed by atoms with Gasteiger partial charge in [0.15, 0.2) is 0 Å². The summed E-state index contributed by atoms with van der Waals surface area (Å²) >= 11 is 4.48. The molecule has 1 nitrogen and oxygen atoms in total. The van der Waals surface area contributed by atoms with E-state index in [2.05, 4.69) is 17.9 Å². The molecule has 3 atom stereocenters. The third-order valence-electron chi connectivity index (χ3n) is 2.48. The topological polar surface area (TPSA) is 12.0 Å². The molecule has 2 bridgehead atoms. The molecule has 1 saturated heterocycles. The van der Waals surface area contributed by atoms with Gasteiger partial charge in [0.2, 0.25) is 0 Å². The lowest BCUT2D eigenvalue weighted by Gasteiger charge is -2.22. The van der Waals surface area contributed by atoms with Crippen LogP contribution in [0.15, 0.2) is 0 Å². The molecule has 1 saturated carbocycles. The molecular weight excluding hydrogens is 130 g/mol. The molecule has 1 aliphatic carbocycles. The van der Waals surface area contributed by atoms with E-state index >= 15 is 0 Å². The van der Waals surface area contributed by atoms with Crippen LogP contribution in [0.25, 0.3) is 0 Å². The highest BCUT2D eigenvalue weighted by molar-refractivity contribution is 7.80. The summed E-state index contributed by atoms with van der Waals surface area (Å²) in [6, 6.07) is 0.811. The summed E-state index contributed by atoms with van der Waals surface area (Å²) in [5.74, 6) is 0.950. The standard InChI is InChI=1S/C7H13NS/c9-7-2-5-1-6(3-7)8-4-5/h5-9H,1-4H2. The number of fused-ring (bicyclic) bond motifs is 2. The minimum absolute atomic E-state index is 0.684. The molecule has 0 aromatic heterocycles. The van der Waals surface area contributed by atoms with Crippen molar-refractivity contribution in [3.8, 4) is 0 Å². The lowest BCUT2D eigenvalue weighted by Crippen LogP contribution is -2.25. The molecule has 2 rings (SSSR count). The van der Waals surface area contributed by atoms with Crippen LogP contribution in [0.5, 0.6) is 0 Å². The summed E-state index contributed by atoms with van der Waals surface area (Å²) in [5.41, 5.74) is 0. The van der Waals surface area contributed by atoms with Gasteiger partial charge in [-0.1, -0.05) is 0 Å². The average molecular weight is 143 g/mol. The van der Waals surface area contributed by atoms with Gasteiger partial charge in [0.25, 0.3) is 0 Å². The van der Waals surface area contributed by atoms with Crippen molar-refractivity contribution in [3.63, 3.8) is 0 Å². The largest absolute Gasteiger partial charge is 0.314 e. The van der Waals surface area contributed by atoms with Crippen LogP contribution in [-0.2, 0) is 0 Å². The second-order valence-corrected chi connectivity index (χ2v) is 4.06. The Hall–Kier alpha value is 0.310. The Bertz CT molecular complexity index is 103. The first-order valence-corrected chi connectivity index (χ1v) is 4.27. The normalized spacial score (nSPS) is 49.7. The number of thiol groups is 1. The van der Waals surface area contributed by atoms with Crippen molar-refractivity contribution >= 4 is 12.6 Å². The fourth-order valence-corrected chi connectivity index (χ4v) is 2.62. The van der Waals surface area contributed by atoms with E-state index in [4.69, 9.17) is 0 Å². The number of hydrogen-bond acceptors (Lipinski definition) is 2. The van der Waals surface area contributed by atoms with E-state index in [1.165, 1.54) is 25.8 Å². The molecule has 0 aromatic carbocycles. The zero-order chi connectivity index (χ0) is 6.27. The van der Waals surface area contributed by atoms with E-state index in [0.29, 0.717) is 5.25 Å². The second kappa shape index (κ2) is 2.17. The fraction of sp³-hybridized carbons (Fsp3) is 1.00. The van der Waals surface area contributed by atoms with Crippen molar-refractivity contribution in [3.05, 3.63) is 0 Å². The van der Waals surface area contributed by atoms with Crippen molar-refractivity contribution in [2.75, 3.05) is 6.54 Å². The molecule has 1 aliphatic heterocycles. The van der Waals surface area contributed by atoms with Crippen molar-refractivity contribution < 1.29 is 0 Å². The van der Waals surface area contributed by atoms with E-state index in [0.717, 1.165) is 12.0 Å². The molecule has 2 heteroatoms. The molecule has 0 radical (unpaired) electrons. The van der Waals surface area contributed by atoms with Gasteiger partial charge in [-0.2, -0.15) is 12.6 Å². The molecular formula is C7H13NS. The Morgan fingerprint density at radius 1 is 1.22 bits per heavy atom. The molecule has 1 N–H and O–H groups in total. The Kier molecular flexibility index (Phi) is 1.46. The van der Waals surface area contributed by atoms with Gasteiger partial charge >= 0.3 is 0 Å². The quantitative estimate of drug-likeness (QED) is 0.483. The van der Waals surface area contributed by atoms with Crippen LogP contribution in [0, 0.1) is 5.92 Å². The van der Waals surface area contributed by atoms with E-state index < -0.39 is 0 Å². The highest BCUT2D eigenvalue weighted by atomic mass is 32.1. The van der Waals surface area contributed by atoms with Crippen LogP contribution in [0.3, 0.4) is 0 Å². The molecule has 0 amide bonds. The Balaban J connectivity index is 2.03. The van der Waals surface area contributed by atoms with Crippen LogP contribution in [0.1, 0.15) is 19.3 Å². The highest BCUT2D eigenvalue weighted by Gasteiger charge is 2.31. The molecule has 9 heavy (non-hydrogen) atoms.